The van der Waals surface area contributed by atoms with Crippen LogP contribution < -0.4 is 15.2 Å². The molecule has 1 unspecified atom stereocenters. The van der Waals surface area contributed by atoms with Gasteiger partial charge in [0.25, 0.3) is 0 Å². The van der Waals surface area contributed by atoms with Gasteiger partial charge in [-0.2, -0.15) is 0 Å². The molecule has 21 heavy (non-hydrogen) atoms. The summed E-state index contributed by atoms with van der Waals surface area (Å²) in [5.74, 6) is 0.806. The molecule has 0 amide bonds. The van der Waals surface area contributed by atoms with Gasteiger partial charge in [0.1, 0.15) is 17.3 Å². The Labute approximate surface area is 139 Å². The fourth-order valence-electron chi connectivity index (χ4n) is 2.05. The highest BCUT2D eigenvalue weighted by molar-refractivity contribution is 9.10. The van der Waals surface area contributed by atoms with Gasteiger partial charge in [-0.05, 0) is 46.3 Å². The van der Waals surface area contributed by atoms with E-state index in [0.717, 1.165) is 8.95 Å². The van der Waals surface area contributed by atoms with Gasteiger partial charge < -0.3 is 15.2 Å². The molecule has 0 radical (unpaired) electrons. The molecule has 0 aliphatic heterocycles. The van der Waals surface area contributed by atoms with Crippen molar-refractivity contribution in [2.75, 3.05) is 14.2 Å². The summed E-state index contributed by atoms with van der Waals surface area (Å²) < 4.78 is 26.1. The summed E-state index contributed by atoms with van der Waals surface area (Å²) in [5, 5.41) is 0. The van der Waals surface area contributed by atoms with E-state index in [1.54, 1.807) is 38.5 Å². The minimum atomic E-state index is -0.667. The topological polar surface area (TPSA) is 44.5 Å². The molecule has 0 fully saturated rings. The van der Waals surface area contributed by atoms with E-state index >= 15 is 0 Å². The standard InChI is InChI=1S/C15H14Br2FNO2/c1-20-13-7-11(17)14(21-2)6-10(13)15(19)9-5-8(16)3-4-12(9)18/h3-7,15H,19H2,1-2H3. The Balaban J connectivity index is 2.56. The van der Waals surface area contributed by atoms with Crippen LogP contribution >= 0.6 is 31.9 Å². The van der Waals surface area contributed by atoms with E-state index in [-0.39, 0.29) is 5.82 Å². The predicted molar refractivity (Wildman–Crippen MR) is 87.4 cm³/mol. The molecule has 3 nitrogen and oxygen atoms in total. The molecule has 2 aromatic carbocycles. The van der Waals surface area contributed by atoms with Crippen molar-refractivity contribution in [1.29, 1.82) is 0 Å². The number of ether oxygens (including phenoxy) is 2. The van der Waals surface area contributed by atoms with Crippen LogP contribution in [0.25, 0.3) is 0 Å². The van der Waals surface area contributed by atoms with Crippen molar-refractivity contribution in [2.45, 2.75) is 6.04 Å². The van der Waals surface area contributed by atoms with Crippen molar-refractivity contribution in [3.05, 3.63) is 56.2 Å². The van der Waals surface area contributed by atoms with Crippen LogP contribution in [0.2, 0.25) is 0 Å². The molecule has 0 aliphatic rings. The fraction of sp³-hybridized carbons (Fsp3) is 0.200. The van der Waals surface area contributed by atoms with Crippen LogP contribution in [0.5, 0.6) is 11.5 Å². The molecule has 6 heteroatoms. The van der Waals surface area contributed by atoms with Crippen molar-refractivity contribution < 1.29 is 13.9 Å². The van der Waals surface area contributed by atoms with Crippen molar-refractivity contribution in [3.63, 3.8) is 0 Å². The lowest BCUT2D eigenvalue weighted by molar-refractivity contribution is 0.394. The lowest BCUT2D eigenvalue weighted by Gasteiger charge is -2.19. The first kappa shape index (κ1) is 16.3. The first-order chi connectivity index (χ1) is 9.97. The van der Waals surface area contributed by atoms with Crippen LogP contribution in [0.15, 0.2) is 39.3 Å². The fourth-order valence-corrected chi connectivity index (χ4v) is 2.91. The van der Waals surface area contributed by atoms with Crippen molar-refractivity contribution >= 4 is 31.9 Å². The van der Waals surface area contributed by atoms with E-state index < -0.39 is 6.04 Å². The normalized spacial score (nSPS) is 12.1. The molecule has 0 saturated carbocycles. The summed E-state index contributed by atoms with van der Waals surface area (Å²) in [6, 6.07) is 7.50. The molecule has 1 atom stereocenters. The van der Waals surface area contributed by atoms with Crippen LogP contribution in [0.3, 0.4) is 0 Å². The number of halogens is 3. The molecule has 112 valence electrons. The third-order valence-electron chi connectivity index (χ3n) is 3.13. The molecule has 0 heterocycles. The summed E-state index contributed by atoms with van der Waals surface area (Å²) in [6.07, 6.45) is 0. The van der Waals surface area contributed by atoms with Crippen LogP contribution in [0.4, 0.5) is 4.39 Å². The molecular weight excluding hydrogens is 405 g/mol. The third kappa shape index (κ3) is 3.39. The molecule has 2 N–H and O–H groups in total. The van der Waals surface area contributed by atoms with E-state index in [2.05, 4.69) is 31.9 Å². The molecule has 0 aromatic heterocycles. The number of benzene rings is 2. The number of nitrogens with two attached hydrogens (primary N) is 1. The molecule has 0 bridgehead atoms. The SMILES string of the molecule is COc1cc(C(N)c2cc(Br)ccc2F)c(OC)cc1Br. The van der Waals surface area contributed by atoms with Gasteiger partial charge in [-0.1, -0.05) is 15.9 Å². The largest absolute Gasteiger partial charge is 0.496 e. The second-order valence-electron chi connectivity index (χ2n) is 4.37. The summed E-state index contributed by atoms with van der Waals surface area (Å²) in [7, 11) is 3.10. The van der Waals surface area contributed by atoms with E-state index in [0.29, 0.717) is 22.6 Å². The van der Waals surface area contributed by atoms with Gasteiger partial charge in [-0.15, -0.1) is 0 Å². The summed E-state index contributed by atoms with van der Waals surface area (Å²) in [6.45, 7) is 0. The molecule has 2 aromatic rings. The summed E-state index contributed by atoms with van der Waals surface area (Å²) in [5.41, 5.74) is 7.25. The minimum absolute atomic E-state index is 0.366. The maximum absolute atomic E-state index is 14.0. The van der Waals surface area contributed by atoms with Gasteiger partial charge in [0.2, 0.25) is 0 Å². The van der Waals surface area contributed by atoms with E-state index in [9.17, 15) is 4.39 Å². The van der Waals surface area contributed by atoms with Crippen LogP contribution in [0.1, 0.15) is 17.2 Å². The van der Waals surface area contributed by atoms with E-state index in [4.69, 9.17) is 15.2 Å². The number of methoxy groups -OCH3 is 2. The summed E-state index contributed by atoms with van der Waals surface area (Å²) >= 11 is 6.71. The molecule has 0 spiro atoms. The van der Waals surface area contributed by atoms with Gasteiger partial charge in [-0.25, -0.2) is 4.39 Å². The minimum Gasteiger partial charge on any atom is -0.496 e. The number of rotatable bonds is 4. The quantitative estimate of drug-likeness (QED) is 0.799. The molecule has 0 aliphatic carbocycles. The van der Waals surface area contributed by atoms with Crippen LogP contribution in [-0.2, 0) is 0 Å². The maximum Gasteiger partial charge on any atom is 0.133 e. The monoisotopic (exact) mass is 417 g/mol. The molecule has 2 rings (SSSR count). The lowest BCUT2D eigenvalue weighted by Crippen LogP contribution is -2.15. The Kier molecular flexibility index (Phi) is 5.24. The lowest BCUT2D eigenvalue weighted by atomic mass is 9.98. The Hall–Kier alpha value is -1.11. The second kappa shape index (κ2) is 6.77. The van der Waals surface area contributed by atoms with Gasteiger partial charge in [0.15, 0.2) is 0 Å². The molecule has 0 saturated heterocycles. The first-order valence-corrected chi connectivity index (χ1v) is 7.68. The summed E-state index contributed by atoms with van der Waals surface area (Å²) in [4.78, 5) is 0. The van der Waals surface area contributed by atoms with Gasteiger partial charge in [0, 0.05) is 15.6 Å². The Morgan fingerprint density at radius 2 is 1.67 bits per heavy atom. The average Bonchev–Trinajstić information content (AvgIpc) is 2.48. The zero-order valence-corrected chi connectivity index (χ0v) is 14.7. The van der Waals surface area contributed by atoms with Crippen LogP contribution in [-0.4, -0.2) is 14.2 Å². The maximum atomic E-state index is 14.0. The van der Waals surface area contributed by atoms with Gasteiger partial charge in [-0.3, -0.25) is 0 Å². The van der Waals surface area contributed by atoms with E-state index in [1.807, 2.05) is 0 Å². The Morgan fingerprint density at radius 3 is 2.29 bits per heavy atom. The number of hydrogen-bond donors (Lipinski definition) is 1. The highest BCUT2D eigenvalue weighted by atomic mass is 79.9. The zero-order valence-electron chi connectivity index (χ0n) is 11.5. The smallest absolute Gasteiger partial charge is 0.133 e. The van der Waals surface area contributed by atoms with Gasteiger partial charge in [0.05, 0.1) is 24.7 Å². The van der Waals surface area contributed by atoms with Crippen molar-refractivity contribution in [3.8, 4) is 11.5 Å². The number of hydrogen-bond acceptors (Lipinski definition) is 3. The Morgan fingerprint density at radius 1 is 1.00 bits per heavy atom. The van der Waals surface area contributed by atoms with Gasteiger partial charge >= 0.3 is 0 Å². The highest BCUT2D eigenvalue weighted by Gasteiger charge is 2.20. The van der Waals surface area contributed by atoms with Crippen molar-refractivity contribution in [2.24, 2.45) is 5.73 Å². The Bertz CT molecular complexity index is 664. The zero-order chi connectivity index (χ0) is 15.6. The van der Waals surface area contributed by atoms with Crippen LogP contribution in [0, 0.1) is 5.82 Å². The first-order valence-electron chi connectivity index (χ1n) is 6.10. The van der Waals surface area contributed by atoms with Crippen molar-refractivity contribution in [1.82, 2.24) is 0 Å². The highest BCUT2D eigenvalue weighted by Crippen LogP contribution is 2.38. The van der Waals surface area contributed by atoms with E-state index in [1.165, 1.54) is 6.07 Å². The molecular formula is C15H14Br2FNO2. The second-order valence-corrected chi connectivity index (χ2v) is 6.14. The predicted octanol–water partition coefficient (Wildman–Crippen LogP) is 4.42. The third-order valence-corrected chi connectivity index (χ3v) is 4.25. The average molecular weight is 419 g/mol.